The van der Waals surface area contributed by atoms with Crippen LogP contribution >= 0.6 is 0 Å². The quantitative estimate of drug-likeness (QED) is 0.292. The van der Waals surface area contributed by atoms with Gasteiger partial charge < -0.3 is 19.7 Å². The molecule has 1 amide bonds. The van der Waals surface area contributed by atoms with Crippen molar-refractivity contribution in [2.45, 2.75) is 19.0 Å². The van der Waals surface area contributed by atoms with Gasteiger partial charge >= 0.3 is 5.97 Å². The molecule has 4 rings (SSSR count). The normalized spacial score (nSPS) is 11.5. The summed E-state index contributed by atoms with van der Waals surface area (Å²) in [6.45, 7) is 0.785. The van der Waals surface area contributed by atoms with Crippen LogP contribution in [0.15, 0.2) is 97.2 Å². The van der Waals surface area contributed by atoms with E-state index in [1.807, 2.05) is 6.07 Å². The number of hydrogen-bond acceptors (Lipinski definition) is 4. The maximum Gasteiger partial charge on any atom is 0.305 e. The van der Waals surface area contributed by atoms with Gasteiger partial charge in [-0.05, 0) is 59.2 Å². The van der Waals surface area contributed by atoms with Crippen molar-refractivity contribution in [1.82, 2.24) is 9.88 Å². The van der Waals surface area contributed by atoms with Crippen molar-refractivity contribution in [3.05, 3.63) is 120 Å². The van der Waals surface area contributed by atoms with Crippen molar-refractivity contribution in [2.75, 3.05) is 6.61 Å². The molecule has 8 heteroatoms. The van der Waals surface area contributed by atoms with Crippen molar-refractivity contribution in [1.29, 1.82) is 5.41 Å². The number of amides is 1. The lowest BCUT2D eigenvalue weighted by Crippen LogP contribution is -2.30. The number of carboxylic acid groups (broad SMARTS) is 1. The fourth-order valence-electron chi connectivity index (χ4n) is 3.90. The van der Waals surface area contributed by atoms with Crippen LogP contribution in [0.2, 0.25) is 0 Å². The topological polar surface area (TPSA) is 104 Å². The van der Waals surface area contributed by atoms with Crippen molar-refractivity contribution in [2.24, 2.45) is 0 Å². The predicted octanol–water partition coefficient (Wildman–Crippen LogP) is 4.80. The molecule has 0 aliphatic carbocycles. The number of ether oxygens (including phenoxy) is 1. The molecule has 1 atom stereocenters. The predicted molar refractivity (Wildman–Crippen MR) is 137 cm³/mol. The van der Waals surface area contributed by atoms with Gasteiger partial charge in [-0.15, -0.1) is 0 Å². The Morgan fingerprint density at radius 1 is 0.946 bits per heavy atom. The van der Waals surface area contributed by atoms with Crippen LogP contribution in [-0.4, -0.2) is 28.2 Å². The van der Waals surface area contributed by atoms with Crippen molar-refractivity contribution in [3.8, 4) is 16.9 Å². The zero-order valence-electron chi connectivity index (χ0n) is 19.9. The first kappa shape index (κ1) is 25.4. The first-order valence-corrected chi connectivity index (χ1v) is 11.7. The van der Waals surface area contributed by atoms with Gasteiger partial charge in [0.1, 0.15) is 23.7 Å². The molecule has 37 heavy (non-hydrogen) atoms. The Labute approximate surface area is 213 Å². The average molecular weight is 500 g/mol. The van der Waals surface area contributed by atoms with E-state index in [-0.39, 0.29) is 12.2 Å². The number of carboxylic acids is 1. The second kappa shape index (κ2) is 11.8. The van der Waals surface area contributed by atoms with Crippen molar-refractivity contribution < 1.29 is 23.8 Å². The van der Waals surface area contributed by atoms with Crippen LogP contribution in [0.1, 0.15) is 28.4 Å². The SMILES string of the molecule is N=c1ccccn1CCOc1cccc(C(=O)NC(CC(=O)O)c2ccc(-c3cccc(F)c3)cc2)c1. The van der Waals surface area contributed by atoms with E-state index in [1.165, 1.54) is 12.1 Å². The van der Waals surface area contributed by atoms with Gasteiger partial charge in [-0.25, -0.2) is 4.39 Å². The van der Waals surface area contributed by atoms with E-state index < -0.39 is 17.9 Å². The van der Waals surface area contributed by atoms with E-state index in [4.69, 9.17) is 10.1 Å². The molecule has 4 aromatic rings. The first-order valence-electron chi connectivity index (χ1n) is 11.7. The zero-order chi connectivity index (χ0) is 26.2. The Balaban J connectivity index is 1.44. The molecule has 0 saturated carbocycles. The molecule has 3 N–H and O–H groups in total. The highest BCUT2D eigenvalue weighted by molar-refractivity contribution is 5.95. The monoisotopic (exact) mass is 499 g/mol. The van der Waals surface area contributed by atoms with Crippen LogP contribution in [0.25, 0.3) is 11.1 Å². The molecule has 0 fully saturated rings. The molecule has 0 saturated heterocycles. The summed E-state index contributed by atoms with van der Waals surface area (Å²) in [5.74, 6) is -1.34. The Morgan fingerprint density at radius 3 is 2.46 bits per heavy atom. The number of nitrogens with zero attached hydrogens (tertiary/aromatic N) is 1. The minimum atomic E-state index is -1.05. The van der Waals surface area contributed by atoms with Gasteiger partial charge in [-0.1, -0.05) is 48.5 Å². The zero-order valence-corrected chi connectivity index (χ0v) is 19.9. The van der Waals surface area contributed by atoms with E-state index in [9.17, 15) is 19.1 Å². The van der Waals surface area contributed by atoms with Crippen LogP contribution in [-0.2, 0) is 11.3 Å². The number of carbonyl (C=O) groups excluding carboxylic acids is 1. The number of hydrogen-bond donors (Lipinski definition) is 3. The Morgan fingerprint density at radius 2 is 1.73 bits per heavy atom. The summed E-state index contributed by atoms with van der Waals surface area (Å²) >= 11 is 0. The summed E-state index contributed by atoms with van der Waals surface area (Å²) in [6, 6.07) is 24.4. The lowest BCUT2D eigenvalue weighted by molar-refractivity contribution is -0.137. The van der Waals surface area contributed by atoms with Crippen LogP contribution < -0.4 is 15.5 Å². The number of halogens is 1. The molecule has 0 aliphatic rings. The molecule has 0 bridgehead atoms. The Hall–Kier alpha value is -4.72. The third-order valence-electron chi connectivity index (χ3n) is 5.79. The van der Waals surface area contributed by atoms with E-state index in [1.54, 1.807) is 83.6 Å². The molecular weight excluding hydrogens is 473 g/mol. The molecule has 7 nitrogen and oxygen atoms in total. The van der Waals surface area contributed by atoms with Gasteiger partial charge in [0.15, 0.2) is 0 Å². The Kier molecular flexibility index (Phi) is 8.10. The van der Waals surface area contributed by atoms with Crippen LogP contribution in [0.3, 0.4) is 0 Å². The lowest BCUT2D eigenvalue weighted by atomic mass is 9.98. The summed E-state index contributed by atoms with van der Waals surface area (Å²) in [6.07, 6.45) is 1.49. The molecule has 188 valence electrons. The molecule has 1 aromatic heterocycles. The summed E-state index contributed by atoms with van der Waals surface area (Å²) in [7, 11) is 0. The summed E-state index contributed by atoms with van der Waals surface area (Å²) in [5.41, 5.74) is 2.80. The van der Waals surface area contributed by atoms with E-state index in [0.717, 1.165) is 5.56 Å². The second-order valence-corrected chi connectivity index (χ2v) is 8.41. The number of aromatic nitrogens is 1. The van der Waals surface area contributed by atoms with E-state index in [2.05, 4.69) is 5.32 Å². The molecule has 1 unspecified atom stereocenters. The molecule has 3 aromatic carbocycles. The van der Waals surface area contributed by atoms with Gasteiger partial charge in [0.05, 0.1) is 19.0 Å². The minimum Gasteiger partial charge on any atom is -0.492 e. The fourth-order valence-corrected chi connectivity index (χ4v) is 3.90. The summed E-state index contributed by atoms with van der Waals surface area (Å²) in [5, 5.41) is 20.1. The number of benzene rings is 3. The number of nitrogens with one attached hydrogen (secondary N) is 2. The van der Waals surface area contributed by atoms with Crippen LogP contribution in [0, 0.1) is 11.2 Å². The average Bonchev–Trinajstić information content (AvgIpc) is 2.89. The second-order valence-electron chi connectivity index (χ2n) is 8.41. The van der Waals surface area contributed by atoms with Gasteiger partial charge in [0, 0.05) is 11.8 Å². The van der Waals surface area contributed by atoms with E-state index >= 15 is 0 Å². The molecule has 0 radical (unpaired) electrons. The highest BCUT2D eigenvalue weighted by Crippen LogP contribution is 2.25. The molecule has 0 aliphatic heterocycles. The molecule has 0 spiro atoms. The highest BCUT2D eigenvalue weighted by Gasteiger charge is 2.19. The number of carbonyl (C=O) groups is 2. The van der Waals surface area contributed by atoms with Crippen LogP contribution in [0.5, 0.6) is 5.75 Å². The van der Waals surface area contributed by atoms with Gasteiger partial charge in [0.2, 0.25) is 0 Å². The standard InChI is InChI=1S/C29H26FN3O4/c30-24-7-3-5-22(17-24)20-10-12-21(13-11-20)26(19-28(34)35)32-29(36)23-6-4-8-25(18-23)37-16-15-33-14-2-1-9-27(33)31/h1-14,17-18,26,31H,15-16,19H2,(H,32,36)(H,34,35). The van der Waals surface area contributed by atoms with Crippen LogP contribution in [0.4, 0.5) is 4.39 Å². The number of rotatable bonds is 10. The third kappa shape index (κ3) is 6.91. The van der Waals surface area contributed by atoms with Gasteiger partial charge in [-0.3, -0.25) is 15.0 Å². The van der Waals surface area contributed by atoms with Crippen molar-refractivity contribution >= 4 is 11.9 Å². The summed E-state index contributed by atoms with van der Waals surface area (Å²) < 4.78 is 21.1. The number of pyridine rings is 1. The molecular formula is C29H26FN3O4. The Bertz CT molecular complexity index is 1450. The summed E-state index contributed by atoms with van der Waals surface area (Å²) in [4.78, 5) is 24.5. The highest BCUT2D eigenvalue weighted by atomic mass is 19.1. The first-order chi connectivity index (χ1) is 17.9. The maximum atomic E-state index is 13.6. The number of aliphatic carboxylic acids is 1. The van der Waals surface area contributed by atoms with Crippen molar-refractivity contribution in [3.63, 3.8) is 0 Å². The third-order valence-corrected chi connectivity index (χ3v) is 5.79. The minimum absolute atomic E-state index is 0.301. The van der Waals surface area contributed by atoms with Gasteiger partial charge in [-0.2, -0.15) is 0 Å². The van der Waals surface area contributed by atoms with E-state index in [0.29, 0.717) is 41.1 Å². The van der Waals surface area contributed by atoms with Gasteiger partial charge in [0.25, 0.3) is 5.91 Å². The smallest absolute Gasteiger partial charge is 0.305 e. The lowest BCUT2D eigenvalue weighted by Gasteiger charge is -2.18. The maximum absolute atomic E-state index is 13.6. The molecule has 1 heterocycles. The largest absolute Gasteiger partial charge is 0.492 e. The fraction of sp³-hybridized carbons (Fsp3) is 0.138.